The van der Waals surface area contributed by atoms with Gasteiger partial charge in [-0.3, -0.25) is 4.79 Å². The van der Waals surface area contributed by atoms with Crippen LogP contribution in [0.2, 0.25) is 5.02 Å². The molecule has 0 fully saturated rings. The minimum Gasteiger partial charge on any atom is -0.467 e. The first-order valence-electron chi connectivity index (χ1n) is 7.49. The Balaban J connectivity index is 1.59. The minimum absolute atomic E-state index is 0.135. The molecule has 0 amide bonds. The van der Waals surface area contributed by atoms with Crippen molar-refractivity contribution in [3.8, 4) is 5.75 Å². The number of rotatable bonds is 5. The van der Waals surface area contributed by atoms with E-state index in [2.05, 4.69) is 0 Å². The third-order valence-electron chi connectivity index (χ3n) is 3.58. The molecule has 2 aromatic carbocycles. The van der Waals surface area contributed by atoms with E-state index < -0.39 is 0 Å². The van der Waals surface area contributed by atoms with E-state index in [1.807, 2.05) is 31.2 Å². The summed E-state index contributed by atoms with van der Waals surface area (Å²) in [6.07, 6.45) is 0. The molecule has 0 N–H and O–H groups in total. The Hall–Kier alpha value is -1.69. The number of carbonyl (C=O) groups is 1. The van der Waals surface area contributed by atoms with Crippen LogP contribution in [0.15, 0.2) is 41.3 Å². The van der Waals surface area contributed by atoms with E-state index in [1.54, 1.807) is 12.1 Å². The third kappa shape index (κ3) is 4.23. The summed E-state index contributed by atoms with van der Waals surface area (Å²) in [5.41, 5.74) is 2.77. The van der Waals surface area contributed by atoms with E-state index >= 15 is 0 Å². The van der Waals surface area contributed by atoms with Crippen molar-refractivity contribution in [1.82, 2.24) is 0 Å². The smallest absolute Gasteiger partial charge is 0.316 e. The van der Waals surface area contributed by atoms with E-state index in [9.17, 15) is 4.79 Å². The van der Waals surface area contributed by atoms with Gasteiger partial charge in [-0.05, 0) is 30.7 Å². The Kier molecular flexibility index (Phi) is 5.66. The number of fused-ring (bicyclic) bond motifs is 1. The molecule has 126 valence electrons. The van der Waals surface area contributed by atoms with Crippen molar-refractivity contribution in [2.24, 2.45) is 0 Å². The first-order chi connectivity index (χ1) is 11.6. The molecular weight excluding hydrogens is 348 g/mol. The molecule has 0 radical (unpaired) electrons. The highest BCUT2D eigenvalue weighted by Gasteiger charge is 2.17. The number of ether oxygens (including phenoxy) is 3. The summed E-state index contributed by atoms with van der Waals surface area (Å²) in [5, 5.41) is 0.572. The summed E-state index contributed by atoms with van der Waals surface area (Å²) < 4.78 is 16.1. The van der Waals surface area contributed by atoms with Crippen LogP contribution in [0.3, 0.4) is 0 Å². The first kappa shape index (κ1) is 17.1. The summed E-state index contributed by atoms with van der Waals surface area (Å²) >= 11 is 7.57. The molecule has 1 aliphatic rings. The molecule has 0 saturated heterocycles. The van der Waals surface area contributed by atoms with Gasteiger partial charge in [0.25, 0.3) is 0 Å². The van der Waals surface area contributed by atoms with Gasteiger partial charge in [0, 0.05) is 21.0 Å². The van der Waals surface area contributed by atoms with Crippen LogP contribution in [0.4, 0.5) is 0 Å². The number of halogens is 1. The van der Waals surface area contributed by atoms with Gasteiger partial charge in [-0.25, -0.2) is 0 Å². The van der Waals surface area contributed by atoms with Gasteiger partial charge < -0.3 is 14.2 Å². The van der Waals surface area contributed by atoms with Gasteiger partial charge in [0.15, 0.2) is 6.79 Å². The van der Waals surface area contributed by atoms with Crippen LogP contribution in [0.25, 0.3) is 0 Å². The number of thioether (sulfide) groups is 1. The highest BCUT2D eigenvalue weighted by Crippen LogP contribution is 2.32. The second-order valence-corrected chi connectivity index (χ2v) is 6.83. The minimum atomic E-state index is -0.274. The number of hydrogen-bond donors (Lipinski definition) is 0. The van der Waals surface area contributed by atoms with Crippen LogP contribution < -0.4 is 4.74 Å². The van der Waals surface area contributed by atoms with Crippen LogP contribution in [-0.2, 0) is 27.5 Å². The predicted molar refractivity (Wildman–Crippen MR) is 93.4 cm³/mol. The van der Waals surface area contributed by atoms with Gasteiger partial charge in [-0.2, -0.15) is 0 Å². The Morgan fingerprint density at radius 2 is 2.17 bits per heavy atom. The van der Waals surface area contributed by atoms with Gasteiger partial charge in [0.1, 0.15) is 12.4 Å². The van der Waals surface area contributed by atoms with Crippen LogP contribution >= 0.6 is 23.4 Å². The maximum absolute atomic E-state index is 12.0. The Labute approximate surface area is 150 Å². The molecule has 0 atom stereocenters. The van der Waals surface area contributed by atoms with Gasteiger partial charge in [-0.15, -0.1) is 11.8 Å². The molecule has 0 spiro atoms. The molecule has 3 rings (SSSR count). The summed E-state index contributed by atoms with van der Waals surface area (Å²) in [6, 6.07) is 11.5. The van der Waals surface area contributed by atoms with Crippen molar-refractivity contribution < 1.29 is 19.0 Å². The Morgan fingerprint density at radius 3 is 3.00 bits per heavy atom. The average molecular weight is 365 g/mol. The average Bonchev–Trinajstić information content (AvgIpc) is 2.58. The van der Waals surface area contributed by atoms with E-state index in [1.165, 1.54) is 11.8 Å². The van der Waals surface area contributed by atoms with Crippen molar-refractivity contribution in [3.63, 3.8) is 0 Å². The number of benzene rings is 2. The topological polar surface area (TPSA) is 44.8 Å². The van der Waals surface area contributed by atoms with Crippen molar-refractivity contribution in [3.05, 3.63) is 58.1 Å². The van der Waals surface area contributed by atoms with Gasteiger partial charge in [-0.1, -0.05) is 29.8 Å². The second kappa shape index (κ2) is 7.92. The second-order valence-electron chi connectivity index (χ2n) is 5.38. The fourth-order valence-electron chi connectivity index (χ4n) is 2.42. The SMILES string of the molecule is Cc1ccccc1SCC(=O)OCc1cc(Cl)cc2c1OCOC2. The van der Waals surface area contributed by atoms with E-state index in [4.69, 9.17) is 25.8 Å². The molecule has 0 aliphatic carbocycles. The van der Waals surface area contributed by atoms with Crippen molar-refractivity contribution in [2.75, 3.05) is 12.5 Å². The Morgan fingerprint density at radius 1 is 1.33 bits per heavy atom. The molecule has 2 aromatic rings. The van der Waals surface area contributed by atoms with Crippen LogP contribution in [0.1, 0.15) is 16.7 Å². The van der Waals surface area contributed by atoms with Crippen molar-refractivity contribution in [2.45, 2.75) is 25.0 Å². The molecule has 0 aromatic heterocycles. The summed E-state index contributed by atoms with van der Waals surface area (Å²) in [5.74, 6) is 0.687. The molecule has 4 nitrogen and oxygen atoms in total. The Bertz CT molecular complexity index is 748. The van der Waals surface area contributed by atoms with Crippen LogP contribution in [-0.4, -0.2) is 18.5 Å². The van der Waals surface area contributed by atoms with Crippen molar-refractivity contribution >= 4 is 29.3 Å². The quantitative estimate of drug-likeness (QED) is 0.583. The fourth-order valence-corrected chi connectivity index (χ4v) is 3.51. The van der Waals surface area contributed by atoms with E-state index in [-0.39, 0.29) is 25.1 Å². The predicted octanol–water partition coefficient (Wildman–Crippen LogP) is 4.35. The maximum Gasteiger partial charge on any atom is 0.316 e. The number of esters is 1. The lowest BCUT2D eigenvalue weighted by atomic mass is 10.1. The lowest BCUT2D eigenvalue weighted by Gasteiger charge is -2.21. The largest absolute Gasteiger partial charge is 0.467 e. The summed E-state index contributed by atoms with van der Waals surface area (Å²) in [6.45, 7) is 2.79. The molecule has 6 heteroatoms. The zero-order chi connectivity index (χ0) is 16.9. The standard InChI is InChI=1S/C18H17ClO4S/c1-12-4-2-3-5-16(12)24-10-17(20)22-9-14-7-15(19)6-13-8-21-11-23-18(13)14/h2-7H,8-11H2,1H3. The van der Waals surface area contributed by atoms with Gasteiger partial charge in [0.2, 0.25) is 0 Å². The third-order valence-corrected chi connectivity index (χ3v) is 4.95. The molecule has 0 saturated carbocycles. The number of hydrogen-bond acceptors (Lipinski definition) is 5. The normalized spacial score (nSPS) is 13.1. The molecule has 0 unspecified atom stereocenters. The van der Waals surface area contributed by atoms with Gasteiger partial charge >= 0.3 is 5.97 Å². The lowest BCUT2D eigenvalue weighted by molar-refractivity contribution is -0.141. The lowest BCUT2D eigenvalue weighted by Crippen LogP contribution is -2.14. The molecular formula is C18H17ClO4S. The van der Waals surface area contributed by atoms with E-state index in [0.717, 1.165) is 21.6 Å². The number of carbonyl (C=O) groups excluding carboxylic acids is 1. The van der Waals surface area contributed by atoms with Crippen LogP contribution in [0.5, 0.6) is 5.75 Å². The molecule has 24 heavy (non-hydrogen) atoms. The summed E-state index contributed by atoms with van der Waals surface area (Å²) in [4.78, 5) is 13.1. The van der Waals surface area contributed by atoms with E-state index in [0.29, 0.717) is 17.4 Å². The molecule has 1 aliphatic heterocycles. The maximum atomic E-state index is 12.0. The zero-order valence-corrected chi connectivity index (χ0v) is 14.8. The van der Waals surface area contributed by atoms with Crippen LogP contribution in [0, 0.1) is 6.92 Å². The highest BCUT2D eigenvalue weighted by atomic mass is 35.5. The highest BCUT2D eigenvalue weighted by molar-refractivity contribution is 8.00. The summed E-state index contributed by atoms with van der Waals surface area (Å²) in [7, 11) is 0. The molecule has 1 heterocycles. The number of aryl methyl sites for hydroxylation is 1. The first-order valence-corrected chi connectivity index (χ1v) is 8.86. The zero-order valence-electron chi connectivity index (χ0n) is 13.2. The fraction of sp³-hybridized carbons (Fsp3) is 0.278. The van der Waals surface area contributed by atoms with Gasteiger partial charge in [0.05, 0.1) is 12.4 Å². The molecule has 0 bridgehead atoms. The monoisotopic (exact) mass is 364 g/mol. The van der Waals surface area contributed by atoms with Crippen molar-refractivity contribution in [1.29, 1.82) is 0 Å².